The van der Waals surface area contributed by atoms with Gasteiger partial charge in [0.2, 0.25) is 5.91 Å². The van der Waals surface area contributed by atoms with Crippen molar-refractivity contribution in [3.63, 3.8) is 0 Å². The summed E-state index contributed by atoms with van der Waals surface area (Å²) in [6.07, 6.45) is 0.475. The normalized spacial score (nSPS) is 12.0. The minimum absolute atomic E-state index is 0.160. The van der Waals surface area contributed by atoms with Crippen molar-refractivity contribution in [2.75, 3.05) is 5.32 Å². The fourth-order valence-electron chi connectivity index (χ4n) is 2.56. The van der Waals surface area contributed by atoms with Gasteiger partial charge in [0, 0.05) is 11.1 Å². The Labute approximate surface area is 134 Å². The number of hydrogen-bond acceptors (Lipinski definition) is 3. The molecule has 0 radical (unpaired) electrons. The van der Waals surface area contributed by atoms with Crippen molar-refractivity contribution in [3.05, 3.63) is 72.3 Å². The Morgan fingerprint density at radius 1 is 1.04 bits per heavy atom. The maximum Gasteiger partial charge on any atom is 0.241 e. The monoisotopic (exact) mass is 306 g/mol. The van der Waals surface area contributed by atoms with Crippen LogP contribution in [0.4, 0.5) is 5.69 Å². The molecular weight excluding hydrogens is 288 g/mol. The molecule has 0 aliphatic heterocycles. The Morgan fingerprint density at radius 3 is 2.61 bits per heavy atom. The van der Waals surface area contributed by atoms with Gasteiger partial charge >= 0.3 is 0 Å². The molecular formula is C19H18N2O2. The van der Waals surface area contributed by atoms with Gasteiger partial charge in [0.05, 0.1) is 6.04 Å². The lowest BCUT2D eigenvalue weighted by molar-refractivity contribution is -0.117. The van der Waals surface area contributed by atoms with E-state index in [0.29, 0.717) is 12.1 Å². The summed E-state index contributed by atoms with van der Waals surface area (Å²) in [4.78, 5) is 12.3. The Bertz CT molecular complexity index is 831. The van der Waals surface area contributed by atoms with E-state index >= 15 is 0 Å². The first-order chi connectivity index (χ1) is 11.1. The van der Waals surface area contributed by atoms with Crippen LogP contribution in [0.1, 0.15) is 5.56 Å². The van der Waals surface area contributed by atoms with Crippen LogP contribution in [0.15, 0.2) is 66.7 Å². The maximum atomic E-state index is 12.3. The molecule has 1 unspecified atom stereocenters. The Kier molecular flexibility index (Phi) is 4.26. The molecule has 3 rings (SSSR count). The molecule has 0 heterocycles. The summed E-state index contributed by atoms with van der Waals surface area (Å²) in [5.74, 6) is -0.0857. The second kappa shape index (κ2) is 6.50. The van der Waals surface area contributed by atoms with Crippen LogP contribution in [0.25, 0.3) is 10.8 Å². The van der Waals surface area contributed by atoms with E-state index in [1.807, 2.05) is 48.5 Å². The van der Waals surface area contributed by atoms with Crippen LogP contribution in [-0.4, -0.2) is 17.1 Å². The molecule has 1 amide bonds. The molecule has 3 aromatic carbocycles. The third-order valence-electron chi connectivity index (χ3n) is 3.76. The second-order valence-corrected chi connectivity index (χ2v) is 5.50. The van der Waals surface area contributed by atoms with Gasteiger partial charge in [-0.1, -0.05) is 48.5 Å². The van der Waals surface area contributed by atoms with Gasteiger partial charge in [-0.05, 0) is 35.6 Å². The highest BCUT2D eigenvalue weighted by Crippen LogP contribution is 2.27. The van der Waals surface area contributed by atoms with E-state index in [1.165, 1.54) is 0 Å². The van der Waals surface area contributed by atoms with Gasteiger partial charge in [0.1, 0.15) is 5.75 Å². The number of rotatable bonds is 4. The van der Waals surface area contributed by atoms with Crippen LogP contribution in [0.3, 0.4) is 0 Å². The number of nitrogens with one attached hydrogen (secondary N) is 1. The number of carbonyl (C=O) groups is 1. The summed E-state index contributed by atoms with van der Waals surface area (Å²) >= 11 is 0. The van der Waals surface area contributed by atoms with Gasteiger partial charge in [-0.2, -0.15) is 0 Å². The first kappa shape index (κ1) is 15.1. The zero-order chi connectivity index (χ0) is 16.2. The summed E-state index contributed by atoms with van der Waals surface area (Å²) in [5.41, 5.74) is 7.67. The van der Waals surface area contributed by atoms with E-state index in [2.05, 4.69) is 5.32 Å². The number of phenolic OH excluding ortho intramolecular Hbond substituents is 1. The van der Waals surface area contributed by atoms with E-state index < -0.39 is 6.04 Å². The molecule has 0 aliphatic rings. The number of benzene rings is 3. The predicted octanol–water partition coefficient (Wildman–Crippen LogP) is 3.05. The van der Waals surface area contributed by atoms with Crippen molar-refractivity contribution in [1.82, 2.24) is 0 Å². The zero-order valence-corrected chi connectivity index (χ0v) is 12.6. The molecule has 116 valence electrons. The summed E-state index contributed by atoms with van der Waals surface area (Å²) in [6.45, 7) is 0. The van der Waals surface area contributed by atoms with Gasteiger partial charge in [0.15, 0.2) is 0 Å². The van der Waals surface area contributed by atoms with Crippen molar-refractivity contribution in [1.29, 1.82) is 0 Å². The molecule has 4 nitrogen and oxygen atoms in total. The molecule has 4 heteroatoms. The lowest BCUT2D eigenvalue weighted by Gasteiger charge is -2.14. The van der Waals surface area contributed by atoms with Crippen LogP contribution in [-0.2, 0) is 11.2 Å². The minimum atomic E-state index is -0.634. The number of fused-ring (bicyclic) bond motifs is 1. The van der Waals surface area contributed by atoms with Crippen molar-refractivity contribution in [3.8, 4) is 5.75 Å². The minimum Gasteiger partial charge on any atom is -0.508 e. The van der Waals surface area contributed by atoms with Gasteiger partial charge in [-0.25, -0.2) is 0 Å². The van der Waals surface area contributed by atoms with Gasteiger partial charge in [-0.15, -0.1) is 0 Å². The van der Waals surface area contributed by atoms with Crippen molar-refractivity contribution in [2.24, 2.45) is 5.73 Å². The van der Waals surface area contributed by atoms with Crippen molar-refractivity contribution in [2.45, 2.75) is 12.5 Å². The van der Waals surface area contributed by atoms with E-state index in [0.717, 1.165) is 16.3 Å². The highest BCUT2D eigenvalue weighted by Gasteiger charge is 2.15. The van der Waals surface area contributed by atoms with E-state index in [1.54, 1.807) is 18.2 Å². The standard InChI is InChI=1S/C19H18N2O2/c20-17(11-13-5-2-1-3-6-13)19(23)21-18-8-4-7-14-9-10-15(22)12-16(14)18/h1-10,12,17,22H,11,20H2,(H,21,23). The van der Waals surface area contributed by atoms with E-state index in [4.69, 9.17) is 5.73 Å². The summed E-state index contributed by atoms with van der Waals surface area (Å²) < 4.78 is 0. The number of phenols is 1. The molecule has 0 aliphatic carbocycles. The molecule has 4 N–H and O–H groups in total. The Morgan fingerprint density at radius 2 is 1.83 bits per heavy atom. The number of amides is 1. The molecule has 0 fully saturated rings. The second-order valence-electron chi connectivity index (χ2n) is 5.50. The average Bonchev–Trinajstić information content (AvgIpc) is 2.56. The highest BCUT2D eigenvalue weighted by molar-refractivity contribution is 6.04. The first-order valence-electron chi connectivity index (χ1n) is 7.45. The molecule has 0 spiro atoms. The lowest BCUT2D eigenvalue weighted by atomic mass is 10.1. The van der Waals surface area contributed by atoms with Crippen molar-refractivity contribution < 1.29 is 9.90 Å². The van der Waals surface area contributed by atoms with Crippen LogP contribution >= 0.6 is 0 Å². The number of aromatic hydroxyl groups is 1. The molecule has 0 saturated heterocycles. The largest absolute Gasteiger partial charge is 0.508 e. The molecule has 0 bridgehead atoms. The van der Waals surface area contributed by atoms with Crippen LogP contribution < -0.4 is 11.1 Å². The topological polar surface area (TPSA) is 75.4 Å². The number of hydrogen-bond donors (Lipinski definition) is 3. The smallest absolute Gasteiger partial charge is 0.241 e. The van der Waals surface area contributed by atoms with E-state index in [-0.39, 0.29) is 11.7 Å². The highest BCUT2D eigenvalue weighted by atomic mass is 16.3. The third-order valence-corrected chi connectivity index (χ3v) is 3.76. The number of anilines is 1. The molecule has 3 aromatic rings. The average molecular weight is 306 g/mol. The van der Waals surface area contributed by atoms with Crippen LogP contribution in [0.2, 0.25) is 0 Å². The molecule has 23 heavy (non-hydrogen) atoms. The quantitative estimate of drug-likeness (QED) is 0.693. The van der Waals surface area contributed by atoms with E-state index in [9.17, 15) is 9.90 Å². The summed E-state index contributed by atoms with van der Waals surface area (Å²) in [7, 11) is 0. The lowest BCUT2D eigenvalue weighted by Crippen LogP contribution is -2.37. The molecule has 1 atom stereocenters. The number of nitrogens with two attached hydrogens (primary N) is 1. The fourth-order valence-corrected chi connectivity index (χ4v) is 2.56. The molecule has 0 saturated carbocycles. The molecule has 0 aromatic heterocycles. The number of carbonyl (C=O) groups excluding carboxylic acids is 1. The van der Waals surface area contributed by atoms with Crippen LogP contribution in [0.5, 0.6) is 5.75 Å². The van der Waals surface area contributed by atoms with Gasteiger partial charge < -0.3 is 16.2 Å². The van der Waals surface area contributed by atoms with Gasteiger partial charge in [0.25, 0.3) is 0 Å². The predicted molar refractivity (Wildman–Crippen MR) is 92.4 cm³/mol. The zero-order valence-electron chi connectivity index (χ0n) is 12.6. The maximum absolute atomic E-state index is 12.3. The fraction of sp³-hybridized carbons (Fsp3) is 0.105. The van der Waals surface area contributed by atoms with Gasteiger partial charge in [-0.3, -0.25) is 4.79 Å². The Balaban J connectivity index is 1.79. The van der Waals surface area contributed by atoms with Crippen LogP contribution in [0, 0.1) is 0 Å². The Hall–Kier alpha value is -2.85. The SMILES string of the molecule is NC(Cc1ccccc1)C(=O)Nc1cccc2ccc(O)cc12. The van der Waals surface area contributed by atoms with Crippen molar-refractivity contribution >= 4 is 22.4 Å². The summed E-state index contributed by atoms with van der Waals surface area (Å²) in [5, 5.41) is 14.2. The first-order valence-corrected chi connectivity index (χ1v) is 7.45. The third kappa shape index (κ3) is 3.49. The summed E-state index contributed by atoms with van der Waals surface area (Å²) in [6, 6.07) is 19.7.